The molecule has 2 aromatic heterocycles. The first-order chi connectivity index (χ1) is 5.70. The van der Waals surface area contributed by atoms with E-state index in [1.165, 1.54) is 6.33 Å². The second-order valence-electron chi connectivity index (χ2n) is 2.45. The molecule has 12 heavy (non-hydrogen) atoms. The van der Waals surface area contributed by atoms with E-state index in [4.69, 9.17) is 11.6 Å². The van der Waals surface area contributed by atoms with Crippen molar-refractivity contribution in [1.82, 2.24) is 15.0 Å². The summed E-state index contributed by atoms with van der Waals surface area (Å²) >= 11 is 8.13. The van der Waals surface area contributed by atoms with E-state index < -0.39 is 0 Å². The third-order valence-corrected chi connectivity index (χ3v) is 3.29. The fourth-order valence-electron chi connectivity index (χ4n) is 1.07. The number of nitrogens with zero attached hydrogens (tertiary/aromatic N) is 2. The standard InChI is InChI=1S/C7H5ClIN3/c1-3-5(9)4-6(8)10-2-11-7(4)12-3/h2H,1H3,(H,10,11,12). The monoisotopic (exact) mass is 293 g/mol. The van der Waals surface area contributed by atoms with Crippen molar-refractivity contribution in [2.24, 2.45) is 0 Å². The molecule has 0 aliphatic rings. The van der Waals surface area contributed by atoms with Gasteiger partial charge in [0.05, 0.1) is 5.39 Å². The Labute approximate surface area is 87.7 Å². The molecule has 2 heterocycles. The first-order valence-corrected chi connectivity index (χ1v) is 4.80. The highest BCUT2D eigenvalue weighted by molar-refractivity contribution is 14.1. The zero-order valence-electron chi connectivity index (χ0n) is 6.23. The summed E-state index contributed by atoms with van der Waals surface area (Å²) in [5.74, 6) is 0. The van der Waals surface area contributed by atoms with Crippen LogP contribution < -0.4 is 0 Å². The van der Waals surface area contributed by atoms with Crippen LogP contribution in [0.2, 0.25) is 5.15 Å². The Morgan fingerprint density at radius 2 is 2.25 bits per heavy atom. The number of aromatic nitrogens is 3. The quantitative estimate of drug-likeness (QED) is 0.599. The highest BCUT2D eigenvalue weighted by Crippen LogP contribution is 2.26. The molecule has 0 aromatic carbocycles. The minimum Gasteiger partial charge on any atom is -0.342 e. The van der Waals surface area contributed by atoms with Crippen molar-refractivity contribution in [1.29, 1.82) is 0 Å². The molecule has 0 bridgehead atoms. The van der Waals surface area contributed by atoms with Gasteiger partial charge >= 0.3 is 0 Å². The molecule has 1 N–H and O–H groups in total. The van der Waals surface area contributed by atoms with Gasteiger partial charge in [0.1, 0.15) is 17.1 Å². The highest BCUT2D eigenvalue weighted by atomic mass is 127. The van der Waals surface area contributed by atoms with E-state index in [-0.39, 0.29) is 0 Å². The van der Waals surface area contributed by atoms with Gasteiger partial charge in [0.2, 0.25) is 0 Å². The van der Waals surface area contributed by atoms with Crippen LogP contribution >= 0.6 is 34.2 Å². The molecule has 0 saturated heterocycles. The summed E-state index contributed by atoms with van der Waals surface area (Å²) in [6.07, 6.45) is 1.46. The van der Waals surface area contributed by atoms with Crippen LogP contribution in [0, 0.1) is 10.5 Å². The van der Waals surface area contributed by atoms with E-state index in [0.29, 0.717) is 5.15 Å². The van der Waals surface area contributed by atoms with Gasteiger partial charge in [0.15, 0.2) is 0 Å². The minimum atomic E-state index is 0.508. The molecule has 3 nitrogen and oxygen atoms in total. The summed E-state index contributed by atoms with van der Waals surface area (Å²) < 4.78 is 1.09. The van der Waals surface area contributed by atoms with Gasteiger partial charge in [-0.3, -0.25) is 0 Å². The van der Waals surface area contributed by atoms with E-state index >= 15 is 0 Å². The average molecular weight is 293 g/mol. The Morgan fingerprint density at radius 3 is 2.92 bits per heavy atom. The Hall–Kier alpha value is -0.360. The average Bonchev–Trinajstić information content (AvgIpc) is 2.29. The first-order valence-electron chi connectivity index (χ1n) is 3.34. The molecule has 0 radical (unpaired) electrons. The van der Waals surface area contributed by atoms with Crippen LogP contribution in [0.15, 0.2) is 6.33 Å². The van der Waals surface area contributed by atoms with Crippen LogP contribution in [0.25, 0.3) is 11.0 Å². The summed E-state index contributed by atoms with van der Waals surface area (Å²) in [5.41, 5.74) is 1.88. The summed E-state index contributed by atoms with van der Waals surface area (Å²) in [5, 5.41) is 1.42. The Bertz CT molecular complexity index is 437. The lowest BCUT2D eigenvalue weighted by atomic mass is 10.4. The van der Waals surface area contributed by atoms with E-state index in [9.17, 15) is 0 Å². The van der Waals surface area contributed by atoms with E-state index in [1.54, 1.807) is 0 Å². The number of halogens is 2. The Balaban J connectivity index is 2.97. The summed E-state index contributed by atoms with van der Waals surface area (Å²) in [7, 11) is 0. The molecule has 62 valence electrons. The zero-order chi connectivity index (χ0) is 8.72. The maximum atomic E-state index is 5.90. The normalized spacial score (nSPS) is 10.9. The number of hydrogen-bond acceptors (Lipinski definition) is 2. The molecule has 5 heteroatoms. The number of hydrogen-bond donors (Lipinski definition) is 1. The predicted molar refractivity (Wildman–Crippen MR) is 56.4 cm³/mol. The molecule has 0 atom stereocenters. The van der Waals surface area contributed by atoms with Crippen molar-refractivity contribution in [3.63, 3.8) is 0 Å². The van der Waals surface area contributed by atoms with Crippen LogP contribution in [0.1, 0.15) is 5.69 Å². The maximum absolute atomic E-state index is 5.90. The topological polar surface area (TPSA) is 41.6 Å². The predicted octanol–water partition coefficient (Wildman–Crippen LogP) is 2.52. The van der Waals surface area contributed by atoms with E-state index in [0.717, 1.165) is 20.3 Å². The number of aromatic amines is 1. The van der Waals surface area contributed by atoms with E-state index in [2.05, 4.69) is 37.5 Å². The molecule has 0 spiro atoms. The highest BCUT2D eigenvalue weighted by Gasteiger charge is 2.09. The van der Waals surface area contributed by atoms with Crippen LogP contribution in [0.5, 0.6) is 0 Å². The zero-order valence-corrected chi connectivity index (χ0v) is 9.14. The molecular weight excluding hydrogens is 288 g/mol. The SMILES string of the molecule is Cc1[nH]c2ncnc(Cl)c2c1I. The maximum Gasteiger partial charge on any atom is 0.143 e. The molecule has 0 unspecified atom stereocenters. The van der Waals surface area contributed by atoms with Crippen molar-refractivity contribution in [3.8, 4) is 0 Å². The van der Waals surface area contributed by atoms with Crippen molar-refractivity contribution in [2.45, 2.75) is 6.92 Å². The number of rotatable bonds is 0. The van der Waals surface area contributed by atoms with Crippen molar-refractivity contribution in [2.75, 3.05) is 0 Å². The molecule has 0 amide bonds. The number of nitrogens with one attached hydrogen (secondary N) is 1. The minimum absolute atomic E-state index is 0.508. The molecule has 2 rings (SSSR count). The lowest BCUT2D eigenvalue weighted by Gasteiger charge is -1.90. The van der Waals surface area contributed by atoms with Gasteiger partial charge in [-0.25, -0.2) is 9.97 Å². The third kappa shape index (κ3) is 1.09. The molecule has 2 aromatic rings. The molecule has 0 aliphatic heterocycles. The first kappa shape index (κ1) is 8.25. The van der Waals surface area contributed by atoms with Gasteiger partial charge in [-0.2, -0.15) is 0 Å². The van der Waals surface area contributed by atoms with Gasteiger partial charge < -0.3 is 4.98 Å². The number of H-pyrrole nitrogens is 1. The lowest BCUT2D eigenvalue weighted by molar-refractivity contribution is 1.18. The Kier molecular flexibility index (Phi) is 1.96. The molecule has 0 aliphatic carbocycles. The lowest BCUT2D eigenvalue weighted by Crippen LogP contribution is -1.80. The van der Waals surface area contributed by atoms with Gasteiger partial charge in [-0.1, -0.05) is 11.6 Å². The molecular formula is C7H5ClIN3. The number of aryl methyl sites for hydroxylation is 1. The molecule has 0 saturated carbocycles. The van der Waals surface area contributed by atoms with Crippen LogP contribution in [0.3, 0.4) is 0 Å². The largest absolute Gasteiger partial charge is 0.342 e. The van der Waals surface area contributed by atoms with E-state index in [1.807, 2.05) is 6.92 Å². The summed E-state index contributed by atoms with van der Waals surface area (Å²) in [6, 6.07) is 0. The second kappa shape index (κ2) is 2.85. The van der Waals surface area contributed by atoms with Crippen molar-refractivity contribution < 1.29 is 0 Å². The summed E-state index contributed by atoms with van der Waals surface area (Å²) in [6.45, 7) is 1.99. The van der Waals surface area contributed by atoms with Gasteiger partial charge in [0.25, 0.3) is 0 Å². The Morgan fingerprint density at radius 1 is 1.50 bits per heavy atom. The second-order valence-corrected chi connectivity index (χ2v) is 3.89. The fraction of sp³-hybridized carbons (Fsp3) is 0.143. The summed E-state index contributed by atoms with van der Waals surface area (Å²) in [4.78, 5) is 11.1. The fourth-order valence-corrected chi connectivity index (χ4v) is 2.11. The van der Waals surface area contributed by atoms with Crippen LogP contribution in [0.4, 0.5) is 0 Å². The van der Waals surface area contributed by atoms with Gasteiger partial charge in [0, 0.05) is 9.26 Å². The van der Waals surface area contributed by atoms with Crippen LogP contribution in [-0.2, 0) is 0 Å². The third-order valence-electron chi connectivity index (χ3n) is 1.66. The van der Waals surface area contributed by atoms with Crippen LogP contribution in [-0.4, -0.2) is 15.0 Å². The smallest absolute Gasteiger partial charge is 0.143 e. The van der Waals surface area contributed by atoms with Crippen molar-refractivity contribution in [3.05, 3.63) is 20.7 Å². The number of fused-ring (bicyclic) bond motifs is 1. The van der Waals surface area contributed by atoms with Gasteiger partial charge in [-0.05, 0) is 29.5 Å². The van der Waals surface area contributed by atoms with Crippen molar-refractivity contribution >= 4 is 45.2 Å². The van der Waals surface area contributed by atoms with Gasteiger partial charge in [-0.15, -0.1) is 0 Å². The molecule has 0 fully saturated rings.